The summed E-state index contributed by atoms with van der Waals surface area (Å²) in [5, 5.41) is 5.48. The van der Waals surface area contributed by atoms with E-state index in [-0.39, 0.29) is 11.8 Å². The van der Waals surface area contributed by atoms with Gasteiger partial charge in [-0.15, -0.1) is 0 Å². The molecule has 2 aromatic rings. The number of anilines is 1. The Kier molecular flexibility index (Phi) is 4.49. The highest BCUT2D eigenvalue weighted by Crippen LogP contribution is 2.10. The summed E-state index contributed by atoms with van der Waals surface area (Å²) in [6.07, 6.45) is 3.54. The Balaban J connectivity index is 1.83. The fraction of sp³-hybridized carbons (Fsp3) is 0.214. The van der Waals surface area contributed by atoms with Gasteiger partial charge in [0.1, 0.15) is 0 Å². The number of nitrogens with one attached hydrogen (secondary N) is 3. The third-order valence-corrected chi connectivity index (χ3v) is 2.67. The summed E-state index contributed by atoms with van der Waals surface area (Å²) in [6, 6.07) is 7.19. The van der Waals surface area contributed by atoms with Crippen LogP contribution in [0.5, 0.6) is 0 Å². The summed E-state index contributed by atoms with van der Waals surface area (Å²) in [5.41, 5.74) is 2.47. The number of aromatic amines is 1. The van der Waals surface area contributed by atoms with Gasteiger partial charge in [-0.3, -0.25) is 9.59 Å². The zero-order valence-electron chi connectivity index (χ0n) is 11.1. The molecule has 0 radical (unpaired) electrons. The molecule has 0 unspecified atom stereocenters. The third kappa shape index (κ3) is 4.24. The molecule has 2 amide bonds. The quantitative estimate of drug-likeness (QED) is 0.765. The first kappa shape index (κ1) is 13.8. The highest BCUT2D eigenvalue weighted by molar-refractivity contribution is 5.88. The van der Waals surface area contributed by atoms with Crippen LogP contribution in [0.2, 0.25) is 0 Å². The topological polar surface area (TPSA) is 86.9 Å². The molecule has 20 heavy (non-hydrogen) atoms. The van der Waals surface area contributed by atoms with Crippen molar-refractivity contribution >= 4 is 17.5 Å². The van der Waals surface area contributed by atoms with E-state index in [1.165, 1.54) is 6.92 Å². The minimum atomic E-state index is -0.116. The van der Waals surface area contributed by atoms with Crippen molar-refractivity contribution in [3.63, 3.8) is 0 Å². The lowest BCUT2D eigenvalue weighted by Crippen LogP contribution is -2.24. The van der Waals surface area contributed by atoms with Crippen molar-refractivity contribution in [1.29, 1.82) is 0 Å². The van der Waals surface area contributed by atoms with Crippen LogP contribution in [-0.2, 0) is 22.6 Å². The minimum Gasteiger partial charge on any atom is -0.350 e. The van der Waals surface area contributed by atoms with Crippen molar-refractivity contribution in [2.45, 2.75) is 19.9 Å². The molecule has 0 saturated carbocycles. The van der Waals surface area contributed by atoms with Gasteiger partial charge in [-0.25, -0.2) is 4.98 Å². The highest BCUT2D eigenvalue weighted by atomic mass is 16.2. The van der Waals surface area contributed by atoms with Gasteiger partial charge in [-0.05, 0) is 17.7 Å². The van der Waals surface area contributed by atoms with Crippen LogP contribution in [-0.4, -0.2) is 21.8 Å². The lowest BCUT2D eigenvalue weighted by molar-refractivity contribution is -0.120. The smallest absolute Gasteiger partial charge is 0.224 e. The van der Waals surface area contributed by atoms with Gasteiger partial charge in [0.2, 0.25) is 11.8 Å². The molecule has 2 rings (SSSR count). The van der Waals surface area contributed by atoms with Gasteiger partial charge in [0.05, 0.1) is 25.0 Å². The number of rotatable bonds is 5. The van der Waals surface area contributed by atoms with Gasteiger partial charge in [0, 0.05) is 18.8 Å². The maximum atomic E-state index is 11.8. The van der Waals surface area contributed by atoms with E-state index in [2.05, 4.69) is 20.6 Å². The van der Waals surface area contributed by atoms with E-state index in [0.717, 1.165) is 16.9 Å². The number of aromatic nitrogens is 2. The van der Waals surface area contributed by atoms with Crippen molar-refractivity contribution in [2.75, 3.05) is 5.32 Å². The van der Waals surface area contributed by atoms with E-state index in [1.807, 2.05) is 12.1 Å². The minimum absolute atomic E-state index is 0.0631. The highest BCUT2D eigenvalue weighted by Gasteiger charge is 2.04. The van der Waals surface area contributed by atoms with Crippen LogP contribution in [0.15, 0.2) is 36.8 Å². The van der Waals surface area contributed by atoms with Crippen LogP contribution in [0.4, 0.5) is 5.69 Å². The van der Waals surface area contributed by atoms with Crippen LogP contribution in [0, 0.1) is 0 Å². The number of carbonyl (C=O) groups excluding carboxylic acids is 2. The summed E-state index contributed by atoms with van der Waals surface area (Å²) < 4.78 is 0. The molecule has 1 aromatic heterocycles. The number of carbonyl (C=O) groups is 2. The second kappa shape index (κ2) is 6.51. The zero-order valence-corrected chi connectivity index (χ0v) is 11.1. The Labute approximate surface area is 116 Å². The molecule has 0 aliphatic heterocycles. The van der Waals surface area contributed by atoms with Crippen molar-refractivity contribution < 1.29 is 9.59 Å². The average molecular weight is 272 g/mol. The normalized spacial score (nSPS) is 10.1. The monoisotopic (exact) mass is 272 g/mol. The SMILES string of the molecule is CC(=O)Nc1ccc(CC(=O)NCc2cnc[nH]2)cc1. The molecule has 1 aromatic carbocycles. The van der Waals surface area contributed by atoms with Crippen molar-refractivity contribution in [3.8, 4) is 0 Å². The number of amides is 2. The molecule has 0 saturated heterocycles. The molecule has 1 heterocycles. The second-order valence-corrected chi connectivity index (χ2v) is 4.41. The molecule has 6 heteroatoms. The molecule has 0 bridgehead atoms. The standard InChI is InChI=1S/C14H16N4O2/c1-10(19)18-12-4-2-11(3-5-12)6-14(20)16-8-13-7-15-9-17-13/h2-5,7,9H,6,8H2,1H3,(H,15,17)(H,16,20)(H,18,19). The van der Waals surface area contributed by atoms with Crippen molar-refractivity contribution in [1.82, 2.24) is 15.3 Å². The van der Waals surface area contributed by atoms with Gasteiger partial charge >= 0.3 is 0 Å². The molecule has 0 atom stereocenters. The molecular formula is C14H16N4O2. The first-order chi connectivity index (χ1) is 9.63. The van der Waals surface area contributed by atoms with E-state index in [0.29, 0.717) is 13.0 Å². The van der Waals surface area contributed by atoms with E-state index in [4.69, 9.17) is 0 Å². The predicted octanol–water partition coefficient (Wildman–Crippen LogP) is 1.23. The van der Waals surface area contributed by atoms with Gasteiger partial charge in [0.25, 0.3) is 0 Å². The fourth-order valence-corrected chi connectivity index (χ4v) is 1.73. The lowest BCUT2D eigenvalue weighted by Gasteiger charge is -2.05. The Hall–Kier alpha value is -2.63. The largest absolute Gasteiger partial charge is 0.350 e. The van der Waals surface area contributed by atoms with Gasteiger partial charge in [-0.1, -0.05) is 12.1 Å². The molecule has 0 aliphatic rings. The summed E-state index contributed by atoms with van der Waals surface area (Å²) in [6.45, 7) is 1.89. The summed E-state index contributed by atoms with van der Waals surface area (Å²) in [7, 11) is 0. The molecule has 0 aliphatic carbocycles. The summed E-state index contributed by atoms with van der Waals surface area (Å²) >= 11 is 0. The van der Waals surface area contributed by atoms with Gasteiger partial charge < -0.3 is 15.6 Å². The number of hydrogen-bond donors (Lipinski definition) is 3. The first-order valence-corrected chi connectivity index (χ1v) is 6.24. The molecule has 6 nitrogen and oxygen atoms in total. The molecule has 3 N–H and O–H groups in total. The second-order valence-electron chi connectivity index (χ2n) is 4.41. The first-order valence-electron chi connectivity index (χ1n) is 6.24. The number of hydrogen-bond acceptors (Lipinski definition) is 3. The Morgan fingerprint density at radius 2 is 2.00 bits per heavy atom. The maximum absolute atomic E-state index is 11.8. The Morgan fingerprint density at radius 3 is 2.60 bits per heavy atom. The number of benzene rings is 1. The number of nitrogens with zero attached hydrogens (tertiary/aromatic N) is 1. The van der Waals surface area contributed by atoms with Crippen LogP contribution in [0.1, 0.15) is 18.2 Å². The van der Waals surface area contributed by atoms with E-state index >= 15 is 0 Å². The van der Waals surface area contributed by atoms with Crippen LogP contribution in [0.25, 0.3) is 0 Å². The fourth-order valence-electron chi connectivity index (χ4n) is 1.73. The van der Waals surface area contributed by atoms with E-state index in [1.54, 1.807) is 24.7 Å². The molecule has 0 spiro atoms. The Bertz CT molecular complexity index is 576. The van der Waals surface area contributed by atoms with Crippen molar-refractivity contribution in [2.24, 2.45) is 0 Å². The average Bonchev–Trinajstić information content (AvgIpc) is 2.91. The number of imidazole rings is 1. The van der Waals surface area contributed by atoms with Crippen LogP contribution < -0.4 is 10.6 Å². The summed E-state index contributed by atoms with van der Waals surface area (Å²) in [4.78, 5) is 29.4. The third-order valence-electron chi connectivity index (χ3n) is 2.67. The predicted molar refractivity (Wildman–Crippen MR) is 74.9 cm³/mol. The van der Waals surface area contributed by atoms with Crippen LogP contribution >= 0.6 is 0 Å². The Morgan fingerprint density at radius 1 is 1.25 bits per heavy atom. The summed E-state index contributed by atoms with van der Waals surface area (Å²) in [5.74, 6) is -0.179. The van der Waals surface area contributed by atoms with Crippen LogP contribution in [0.3, 0.4) is 0 Å². The van der Waals surface area contributed by atoms with E-state index < -0.39 is 0 Å². The number of H-pyrrole nitrogens is 1. The van der Waals surface area contributed by atoms with Crippen molar-refractivity contribution in [3.05, 3.63) is 48.0 Å². The molecular weight excluding hydrogens is 256 g/mol. The molecule has 104 valence electrons. The lowest BCUT2D eigenvalue weighted by atomic mass is 10.1. The molecule has 0 fully saturated rings. The van der Waals surface area contributed by atoms with Gasteiger partial charge in [0.15, 0.2) is 0 Å². The maximum Gasteiger partial charge on any atom is 0.224 e. The van der Waals surface area contributed by atoms with E-state index in [9.17, 15) is 9.59 Å². The zero-order chi connectivity index (χ0) is 14.4. The van der Waals surface area contributed by atoms with Gasteiger partial charge in [-0.2, -0.15) is 0 Å².